The molecular weight excluding hydrogens is 254 g/mol. The first-order valence-electron chi connectivity index (χ1n) is 6.91. The molecule has 20 heavy (non-hydrogen) atoms. The quantitative estimate of drug-likeness (QED) is 0.914. The second-order valence-corrected chi connectivity index (χ2v) is 4.94. The summed E-state index contributed by atoms with van der Waals surface area (Å²) in [4.78, 5) is 22.8. The largest absolute Gasteiger partial charge is 0.331 e. The Morgan fingerprint density at radius 1 is 1.50 bits per heavy atom. The molecule has 0 spiro atoms. The van der Waals surface area contributed by atoms with Crippen molar-refractivity contribution in [1.82, 2.24) is 25.1 Å². The summed E-state index contributed by atoms with van der Waals surface area (Å²) in [6.45, 7) is 3.32. The van der Waals surface area contributed by atoms with E-state index in [1.54, 1.807) is 11.1 Å². The van der Waals surface area contributed by atoms with Gasteiger partial charge in [0.05, 0.1) is 0 Å². The van der Waals surface area contributed by atoms with Gasteiger partial charge in [-0.05, 0) is 18.1 Å². The Hall–Kier alpha value is -2.24. The lowest BCUT2D eigenvalue weighted by Gasteiger charge is -2.27. The zero-order valence-corrected chi connectivity index (χ0v) is 11.5. The molecule has 1 amide bonds. The summed E-state index contributed by atoms with van der Waals surface area (Å²) in [6.07, 6.45) is 4.37. The normalized spacial score (nSPS) is 14.2. The number of amides is 1. The number of hydrogen-bond acceptors (Lipinski definition) is 4. The average Bonchev–Trinajstić information content (AvgIpc) is 2.95. The smallest absolute Gasteiger partial charge is 0.293 e. The van der Waals surface area contributed by atoms with Crippen molar-refractivity contribution in [2.24, 2.45) is 0 Å². The molecule has 0 bridgehead atoms. The molecule has 6 nitrogen and oxygen atoms in total. The Balaban J connectivity index is 1.75. The van der Waals surface area contributed by atoms with Gasteiger partial charge < -0.3 is 4.90 Å². The SMILES string of the molecule is CCCc1nc(C(=O)N2CCc3ncccc3C2)n[nH]1. The molecule has 0 aromatic carbocycles. The summed E-state index contributed by atoms with van der Waals surface area (Å²) in [5.74, 6) is 0.925. The van der Waals surface area contributed by atoms with Gasteiger partial charge in [0.2, 0.25) is 5.82 Å². The maximum absolute atomic E-state index is 12.4. The van der Waals surface area contributed by atoms with Crippen LogP contribution in [-0.4, -0.2) is 37.5 Å². The van der Waals surface area contributed by atoms with Gasteiger partial charge in [-0.25, -0.2) is 4.98 Å². The number of carbonyl (C=O) groups is 1. The molecule has 0 saturated heterocycles. The van der Waals surface area contributed by atoms with Crippen LogP contribution in [-0.2, 0) is 19.4 Å². The highest BCUT2D eigenvalue weighted by Gasteiger charge is 2.24. The first kappa shape index (κ1) is 12.8. The van der Waals surface area contributed by atoms with E-state index < -0.39 is 0 Å². The van der Waals surface area contributed by atoms with Gasteiger partial charge in [0.15, 0.2) is 0 Å². The summed E-state index contributed by atoms with van der Waals surface area (Å²) in [6, 6.07) is 3.92. The van der Waals surface area contributed by atoms with Gasteiger partial charge >= 0.3 is 0 Å². The fourth-order valence-corrected chi connectivity index (χ4v) is 2.42. The summed E-state index contributed by atoms with van der Waals surface area (Å²) >= 11 is 0. The molecule has 1 aliphatic rings. The lowest BCUT2D eigenvalue weighted by atomic mass is 10.1. The van der Waals surface area contributed by atoms with Crippen LogP contribution in [0.4, 0.5) is 0 Å². The summed E-state index contributed by atoms with van der Waals surface area (Å²) in [5, 5.41) is 6.85. The molecule has 104 valence electrons. The molecule has 0 atom stereocenters. The monoisotopic (exact) mass is 271 g/mol. The van der Waals surface area contributed by atoms with Crippen molar-refractivity contribution < 1.29 is 4.79 Å². The van der Waals surface area contributed by atoms with Gasteiger partial charge in [0.1, 0.15) is 5.82 Å². The molecule has 2 aromatic rings. The van der Waals surface area contributed by atoms with Gasteiger partial charge in [0, 0.05) is 37.8 Å². The van der Waals surface area contributed by atoms with Gasteiger partial charge in [-0.2, -0.15) is 0 Å². The Morgan fingerprint density at radius 2 is 2.40 bits per heavy atom. The highest BCUT2D eigenvalue weighted by molar-refractivity contribution is 5.90. The van der Waals surface area contributed by atoms with Crippen molar-refractivity contribution in [3.05, 3.63) is 41.2 Å². The number of hydrogen-bond donors (Lipinski definition) is 1. The number of nitrogens with zero attached hydrogens (tertiary/aromatic N) is 4. The van der Waals surface area contributed by atoms with Gasteiger partial charge in [-0.3, -0.25) is 14.9 Å². The molecule has 3 heterocycles. The van der Waals surface area contributed by atoms with Crippen LogP contribution in [0.3, 0.4) is 0 Å². The van der Waals surface area contributed by atoms with E-state index in [0.717, 1.165) is 36.3 Å². The Kier molecular flexibility index (Phi) is 3.45. The number of nitrogens with one attached hydrogen (secondary N) is 1. The van der Waals surface area contributed by atoms with Crippen molar-refractivity contribution in [3.63, 3.8) is 0 Å². The van der Waals surface area contributed by atoms with Crippen LogP contribution in [0.1, 0.15) is 41.0 Å². The van der Waals surface area contributed by atoms with Gasteiger partial charge in [0.25, 0.3) is 5.91 Å². The van der Waals surface area contributed by atoms with E-state index in [1.165, 1.54) is 0 Å². The Bertz CT molecular complexity index is 622. The lowest BCUT2D eigenvalue weighted by Crippen LogP contribution is -2.36. The van der Waals surface area contributed by atoms with Gasteiger partial charge in [-0.15, -0.1) is 5.10 Å². The number of H-pyrrole nitrogens is 1. The number of carbonyl (C=O) groups excluding carboxylic acids is 1. The Morgan fingerprint density at radius 3 is 3.25 bits per heavy atom. The second-order valence-electron chi connectivity index (χ2n) is 4.94. The maximum atomic E-state index is 12.4. The van der Waals surface area contributed by atoms with E-state index >= 15 is 0 Å². The molecular formula is C14H17N5O. The van der Waals surface area contributed by atoms with E-state index in [1.807, 2.05) is 12.1 Å². The zero-order valence-electron chi connectivity index (χ0n) is 11.5. The third-order valence-electron chi connectivity index (χ3n) is 3.46. The first-order valence-corrected chi connectivity index (χ1v) is 6.91. The molecule has 3 rings (SSSR count). The second kappa shape index (κ2) is 5.40. The van der Waals surface area contributed by atoms with Crippen LogP contribution < -0.4 is 0 Å². The Labute approximate surface area is 117 Å². The molecule has 0 saturated carbocycles. The van der Waals surface area contributed by atoms with Crippen molar-refractivity contribution >= 4 is 5.91 Å². The predicted molar refractivity (Wildman–Crippen MR) is 73.1 cm³/mol. The third-order valence-corrected chi connectivity index (χ3v) is 3.46. The van der Waals surface area contributed by atoms with E-state index in [2.05, 4.69) is 27.1 Å². The minimum absolute atomic E-state index is 0.113. The standard InChI is InChI=1S/C14H17N5O/c1-2-4-12-16-13(18-17-12)14(20)19-8-6-11-10(9-19)5-3-7-15-11/h3,5,7H,2,4,6,8-9H2,1H3,(H,16,17,18). The van der Waals surface area contributed by atoms with Gasteiger partial charge in [-0.1, -0.05) is 13.0 Å². The molecule has 6 heteroatoms. The van der Waals surface area contributed by atoms with Crippen LogP contribution in [0.2, 0.25) is 0 Å². The highest BCUT2D eigenvalue weighted by atomic mass is 16.2. The zero-order chi connectivity index (χ0) is 13.9. The minimum Gasteiger partial charge on any atom is -0.331 e. The third kappa shape index (κ3) is 2.41. The van der Waals surface area contributed by atoms with E-state index in [0.29, 0.717) is 13.1 Å². The summed E-state index contributed by atoms with van der Waals surface area (Å²) < 4.78 is 0. The molecule has 2 aromatic heterocycles. The number of aromatic nitrogens is 4. The van der Waals surface area contributed by atoms with Crippen molar-refractivity contribution in [3.8, 4) is 0 Å². The summed E-state index contributed by atoms with van der Waals surface area (Å²) in [7, 11) is 0. The number of fused-ring (bicyclic) bond motifs is 1. The minimum atomic E-state index is -0.113. The van der Waals surface area contributed by atoms with Crippen molar-refractivity contribution in [2.45, 2.75) is 32.7 Å². The number of rotatable bonds is 3. The van der Waals surface area contributed by atoms with Crippen LogP contribution >= 0.6 is 0 Å². The van der Waals surface area contributed by atoms with E-state index in [9.17, 15) is 4.79 Å². The molecule has 0 fully saturated rings. The van der Waals surface area contributed by atoms with Crippen molar-refractivity contribution in [2.75, 3.05) is 6.54 Å². The lowest BCUT2D eigenvalue weighted by molar-refractivity contribution is 0.0721. The average molecular weight is 271 g/mol. The molecule has 0 unspecified atom stereocenters. The highest BCUT2D eigenvalue weighted by Crippen LogP contribution is 2.17. The number of aromatic amines is 1. The molecule has 0 aliphatic carbocycles. The number of aryl methyl sites for hydroxylation is 1. The molecule has 1 aliphatic heterocycles. The topological polar surface area (TPSA) is 74.8 Å². The fourth-order valence-electron chi connectivity index (χ4n) is 2.42. The van der Waals surface area contributed by atoms with Crippen LogP contribution in [0.25, 0.3) is 0 Å². The predicted octanol–water partition coefficient (Wildman–Crippen LogP) is 1.35. The van der Waals surface area contributed by atoms with E-state index in [4.69, 9.17) is 0 Å². The van der Waals surface area contributed by atoms with Crippen LogP contribution in [0, 0.1) is 0 Å². The number of pyridine rings is 1. The first-order chi connectivity index (χ1) is 9.78. The van der Waals surface area contributed by atoms with Crippen LogP contribution in [0.15, 0.2) is 18.3 Å². The molecule has 0 radical (unpaired) electrons. The van der Waals surface area contributed by atoms with E-state index in [-0.39, 0.29) is 11.7 Å². The maximum Gasteiger partial charge on any atom is 0.293 e. The van der Waals surface area contributed by atoms with Crippen molar-refractivity contribution in [1.29, 1.82) is 0 Å². The summed E-state index contributed by atoms with van der Waals surface area (Å²) in [5.41, 5.74) is 2.19. The van der Waals surface area contributed by atoms with Crippen LogP contribution in [0.5, 0.6) is 0 Å². The molecule has 1 N–H and O–H groups in total. The fraction of sp³-hybridized carbons (Fsp3) is 0.429.